The van der Waals surface area contributed by atoms with Crippen molar-refractivity contribution in [1.29, 1.82) is 0 Å². The van der Waals surface area contributed by atoms with Gasteiger partial charge in [0.05, 0.1) is 19.9 Å². The highest BCUT2D eigenvalue weighted by molar-refractivity contribution is 7.14. The molecule has 0 aliphatic carbocycles. The first-order valence-corrected chi connectivity index (χ1v) is 10.9. The van der Waals surface area contributed by atoms with Gasteiger partial charge in [-0.1, -0.05) is 0 Å². The maximum Gasteiger partial charge on any atom is 0.253 e. The van der Waals surface area contributed by atoms with Crippen LogP contribution in [0.15, 0.2) is 47.8 Å². The lowest BCUT2D eigenvalue weighted by atomic mass is 10.0. The van der Waals surface area contributed by atoms with Gasteiger partial charge in [0.25, 0.3) is 5.91 Å². The zero-order valence-electron chi connectivity index (χ0n) is 17.4. The molecule has 1 saturated heterocycles. The summed E-state index contributed by atoms with van der Waals surface area (Å²) in [5.41, 5.74) is 2.31. The lowest BCUT2D eigenvalue weighted by molar-refractivity contribution is 0.0718. The normalized spacial score (nSPS) is 14.4. The van der Waals surface area contributed by atoms with Gasteiger partial charge in [-0.25, -0.2) is 9.37 Å². The smallest absolute Gasteiger partial charge is 0.253 e. The summed E-state index contributed by atoms with van der Waals surface area (Å²) in [4.78, 5) is 19.4. The number of carbonyl (C=O) groups excluding carboxylic acids is 1. The number of benzene rings is 2. The summed E-state index contributed by atoms with van der Waals surface area (Å²) < 4.78 is 23.7. The van der Waals surface area contributed by atoms with E-state index in [9.17, 15) is 9.18 Å². The van der Waals surface area contributed by atoms with Crippen LogP contribution < -0.4 is 14.8 Å². The van der Waals surface area contributed by atoms with E-state index < -0.39 is 0 Å². The molecule has 31 heavy (non-hydrogen) atoms. The van der Waals surface area contributed by atoms with E-state index in [4.69, 9.17) is 9.47 Å². The number of ether oxygens (including phenoxy) is 2. The Bertz CT molecular complexity index is 1050. The van der Waals surface area contributed by atoms with Crippen LogP contribution in [0.25, 0.3) is 11.3 Å². The minimum absolute atomic E-state index is 0.00718. The number of hydrogen-bond acceptors (Lipinski definition) is 6. The van der Waals surface area contributed by atoms with Gasteiger partial charge in [0.2, 0.25) is 0 Å². The number of hydrogen-bond donors (Lipinski definition) is 1. The van der Waals surface area contributed by atoms with Crippen molar-refractivity contribution in [3.63, 3.8) is 0 Å². The molecule has 3 aromatic rings. The second-order valence-corrected chi connectivity index (χ2v) is 8.18. The van der Waals surface area contributed by atoms with Gasteiger partial charge < -0.3 is 19.7 Å². The molecule has 0 unspecified atom stereocenters. The van der Waals surface area contributed by atoms with Gasteiger partial charge in [0.1, 0.15) is 5.82 Å². The van der Waals surface area contributed by atoms with E-state index >= 15 is 0 Å². The van der Waals surface area contributed by atoms with Gasteiger partial charge in [-0.3, -0.25) is 4.79 Å². The fraction of sp³-hybridized carbons (Fsp3) is 0.304. The van der Waals surface area contributed by atoms with Gasteiger partial charge in [-0.2, -0.15) is 0 Å². The average Bonchev–Trinajstić information content (AvgIpc) is 3.27. The van der Waals surface area contributed by atoms with Crippen LogP contribution in [0.5, 0.6) is 11.5 Å². The van der Waals surface area contributed by atoms with E-state index in [2.05, 4.69) is 10.3 Å². The monoisotopic (exact) mass is 441 g/mol. The summed E-state index contributed by atoms with van der Waals surface area (Å²) in [6.07, 6.45) is 1.68. The van der Waals surface area contributed by atoms with Crippen molar-refractivity contribution >= 4 is 22.4 Å². The standard InChI is InChI=1S/C23H24FN3O3S/c1-29-20-8-5-16(13-21(20)30-2)22(28)27-11-9-18(10-12-27)25-23-26-19(14-31-23)15-3-6-17(24)7-4-15/h3-8,13-14,18H,9-12H2,1-2H3,(H,25,26). The molecular formula is C23H24FN3O3S. The summed E-state index contributed by atoms with van der Waals surface area (Å²) in [7, 11) is 3.13. The van der Waals surface area contributed by atoms with Crippen LogP contribution in [-0.4, -0.2) is 49.1 Å². The number of rotatable bonds is 6. The fourth-order valence-electron chi connectivity index (χ4n) is 3.65. The number of anilines is 1. The summed E-state index contributed by atoms with van der Waals surface area (Å²) in [6.45, 7) is 1.34. The molecule has 1 aliphatic heterocycles. The third-order valence-electron chi connectivity index (χ3n) is 5.38. The van der Waals surface area contributed by atoms with Crippen LogP contribution in [0.2, 0.25) is 0 Å². The molecule has 2 aromatic carbocycles. The molecular weight excluding hydrogens is 417 g/mol. The molecule has 0 radical (unpaired) electrons. The van der Waals surface area contributed by atoms with E-state index in [1.54, 1.807) is 44.6 Å². The first-order chi connectivity index (χ1) is 15.1. The Kier molecular flexibility index (Phi) is 6.36. The topological polar surface area (TPSA) is 63.7 Å². The number of piperidine rings is 1. The maximum absolute atomic E-state index is 13.1. The third-order valence-corrected chi connectivity index (χ3v) is 6.16. The number of amides is 1. The zero-order valence-corrected chi connectivity index (χ0v) is 18.2. The maximum atomic E-state index is 13.1. The Morgan fingerprint density at radius 3 is 2.48 bits per heavy atom. The van der Waals surface area contributed by atoms with Crippen molar-refractivity contribution in [3.8, 4) is 22.8 Å². The van der Waals surface area contributed by atoms with Gasteiger partial charge in [0.15, 0.2) is 16.6 Å². The van der Waals surface area contributed by atoms with Crippen LogP contribution in [-0.2, 0) is 0 Å². The van der Waals surface area contributed by atoms with Gasteiger partial charge >= 0.3 is 0 Å². The van der Waals surface area contributed by atoms with Crippen LogP contribution in [0, 0.1) is 5.82 Å². The van der Waals surface area contributed by atoms with Crippen molar-refractivity contribution < 1.29 is 18.7 Å². The molecule has 1 amide bonds. The highest BCUT2D eigenvalue weighted by atomic mass is 32.1. The Balaban J connectivity index is 1.34. The van der Waals surface area contributed by atoms with E-state index in [0.717, 1.165) is 29.2 Å². The quantitative estimate of drug-likeness (QED) is 0.602. The fourth-order valence-corrected chi connectivity index (χ4v) is 4.44. The van der Waals surface area contributed by atoms with E-state index in [1.165, 1.54) is 23.5 Å². The molecule has 8 heteroatoms. The summed E-state index contributed by atoms with van der Waals surface area (Å²) in [5, 5.41) is 6.27. The minimum atomic E-state index is -0.258. The molecule has 1 fully saturated rings. The number of nitrogens with zero attached hydrogens (tertiary/aromatic N) is 2. The molecule has 1 aliphatic rings. The number of carbonyl (C=O) groups is 1. The van der Waals surface area contributed by atoms with Crippen LogP contribution in [0.4, 0.5) is 9.52 Å². The van der Waals surface area contributed by atoms with Crippen molar-refractivity contribution in [2.45, 2.75) is 18.9 Å². The molecule has 1 aromatic heterocycles. The van der Waals surface area contributed by atoms with Gasteiger partial charge in [-0.15, -0.1) is 11.3 Å². The molecule has 0 spiro atoms. The molecule has 2 heterocycles. The minimum Gasteiger partial charge on any atom is -0.493 e. The predicted octanol–water partition coefficient (Wildman–Crippen LogP) is 4.68. The third kappa shape index (κ3) is 4.80. The first-order valence-electron chi connectivity index (χ1n) is 10.1. The highest BCUT2D eigenvalue weighted by Gasteiger charge is 2.25. The summed E-state index contributed by atoms with van der Waals surface area (Å²) >= 11 is 1.53. The van der Waals surface area contributed by atoms with Gasteiger partial charge in [-0.05, 0) is 55.3 Å². The zero-order chi connectivity index (χ0) is 21.8. The Morgan fingerprint density at radius 1 is 1.10 bits per heavy atom. The molecule has 1 N–H and O–H groups in total. The Morgan fingerprint density at radius 2 is 1.81 bits per heavy atom. The van der Waals surface area contributed by atoms with Crippen molar-refractivity contribution in [2.75, 3.05) is 32.6 Å². The van der Waals surface area contributed by atoms with Gasteiger partial charge in [0, 0.05) is 35.6 Å². The second-order valence-electron chi connectivity index (χ2n) is 7.33. The van der Waals surface area contributed by atoms with Crippen molar-refractivity contribution in [1.82, 2.24) is 9.88 Å². The van der Waals surface area contributed by atoms with E-state index in [1.807, 2.05) is 10.3 Å². The summed E-state index contributed by atoms with van der Waals surface area (Å²) in [5.74, 6) is 0.884. The number of aromatic nitrogens is 1. The molecule has 4 rings (SSSR count). The lowest BCUT2D eigenvalue weighted by Crippen LogP contribution is -2.42. The van der Waals surface area contributed by atoms with Crippen LogP contribution in [0.3, 0.4) is 0 Å². The first kappa shape index (κ1) is 21.1. The van der Waals surface area contributed by atoms with Crippen molar-refractivity contribution in [3.05, 3.63) is 59.2 Å². The van der Waals surface area contributed by atoms with Crippen molar-refractivity contribution in [2.24, 2.45) is 0 Å². The number of nitrogens with one attached hydrogen (secondary N) is 1. The highest BCUT2D eigenvalue weighted by Crippen LogP contribution is 2.29. The second kappa shape index (κ2) is 9.34. The summed E-state index contributed by atoms with van der Waals surface area (Å²) in [6, 6.07) is 11.8. The molecule has 0 saturated carbocycles. The predicted molar refractivity (Wildman–Crippen MR) is 120 cm³/mol. The SMILES string of the molecule is COc1ccc(C(=O)N2CCC(Nc3nc(-c4ccc(F)cc4)cs3)CC2)cc1OC. The lowest BCUT2D eigenvalue weighted by Gasteiger charge is -2.32. The average molecular weight is 442 g/mol. The number of likely N-dealkylation sites (tertiary alicyclic amines) is 1. The molecule has 6 nitrogen and oxygen atoms in total. The molecule has 162 valence electrons. The number of methoxy groups -OCH3 is 2. The van der Waals surface area contributed by atoms with Crippen LogP contribution >= 0.6 is 11.3 Å². The largest absolute Gasteiger partial charge is 0.493 e. The van der Waals surface area contributed by atoms with Crippen LogP contribution in [0.1, 0.15) is 23.2 Å². The number of thiazole rings is 1. The van der Waals surface area contributed by atoms with E-state index in [-0.39, 0.29) is 17.8 Å². The molecule has 0 bridgehead atoms. The number of halogens is 1. The Labute approximate surface area is 184 Å². The van der Waals surface area contributed by atoms with E-state index in [0.29, 0.717) is 30.2 Å². The Hall–Kier alpha value is -3.13. The molecule has 0 atom stereocenters.